The molecule has 3 rings (SSSR count). The van der Waals surface area contributed by atoms with E-state index in [0.29, 0.717) is 6.54 Å². The Kier molecular flexibility index (Phi) is 4.05. The number of aryl methyl sites for hydroxylation is 1. The molecule has 0 fully saturated rings. The van der Waals surface area contributed by atoms with Gasteiger partial charge in [0.2, 0.25) is 0 Å². The topological polar surface area (TPSA) is 50.7 Å². The molecule has 2 atom stereocenters. The third-order valence-electron chi connectivity index (χ3n) is 3.99. The maximum Gasteiger partial charge on any atom is 0.160 e. The van der Waals surface area contributed by atoms with Crippen LogP contribution in [0.15, 0.2) is 48.5 Å². The number of fused-ring (bicyclic) bond motifs is 1. The van der Waals surface area contributed by atoms with E-state index in [1.807, 2.05) is 62.5 Å². The summed E-state index contributed by atoms with van der Waals surface area (Å²) in [6.45, 7) is 2.58. The molecule has 1 aliphatic heterocycles. The first kappa shape index (κ1) is 14.9. The summed E-state index contributed by atoms with van der Waals surface area (Å²) in [4.78, 5) is 0. The van der Waals surface area contributed by atoms with Crippen molar-refractivity contribution < 1.29 is 14.6 Å². The van der Waals surface area contributed by atoms with Gasteiger partial charge < -0.3 is 19.9 Å². The summed E-state index contributed by atoms with van der Waals surface area (Å²) in [7, 11) is 1.81. The van der Waals surface area contributed by atoms with Gasteiger partial charge in [-0.05, 0) is 31.7 Å². The summed E-state index contributed by atoms with van der Waals surface area (Å²) >= 11 is 0. The number of para-hydroxylation sites is 2. The van der Waals surface area contributed by atoms with Crippen LogP contribution in [0, 0.1) is 6.92 Å². The Hall–Kier alpha value is -2.04. The molecule has 1 aliphatic rings. The number of likely N-dealkylation sites (N-methyl/N-ethyl adjacent to an activating group) is 1. The smallest absolute Gasteiger partial charge is 0.160 e. The molecule has 1 heterocycles. The van der Waals surface area contributed by atoms with Crippen LogP contribution in [0.25, 0.3) is 0 Å². The van der Waals surface area contributed by atoms with Gasteiger partial charge >= 0.3 is 0 Å². The van der Waals surface area contributed by atoms with Gasteiger partial charge in [0.25, 0.3) is 0 Å². The standard InChI is InChI=1S/C18H21NO3/c1-13-7-3-5-9-15(13)22-17-14-8-4-6-10-16(14)21-12-18(17,20)11-19-2/h3-10,17,19-20H,11-12H2,1-2H3/t17-,18-/m1/s1. The van der Waals surface area contributed by atoms with E-state index in [9.17, 15) is 5.11 Å². The van der Waals surface area contributed by atoms with E-state index in [2.05, 4.69) is 5.32 Å². The second-order valence-electron chi connectivity index (χ2n) is 5.72. The second-order valence-corrected chi connectivity index (χ2v) is 5.72. The van der Waals surface area contributed by atoms with Crippen LogP contribution in [0.4, 0.5) is 0 Å². The molecule has 0 saturated heterocycles. The van der Waals surface area contributed by atoms with Gasteiger partial charge in [-0.15, -0.1) is 0 Å². The van der Waals surface area contributed by atoms with E-state index in [4.69, 9.17) is 9.47 Å². The number of benzene rings is 2. The van der Waals surface area contributed by atoms with Crippen LogP contribution in [0.3, 0.4) is 0 Å². The molecule has 4 heteroatoms. The Morgan fingerprint density at radius 1 is 1.23 bits per heavy atom. The lowest BCUT2D eigenvalue weighted by Gasteiger charge is -2.40. The Labute approximate surface area is 130 Å². The molecular formula is C18H21NO3. The molecule has 2 aromatic carbocycles. The van der Waals surface area contributed by atoms with Crippen LogP contribution in [-0.2, 0) is 0 Å². The van der Waals surface area contributed by atoms with Gasteiger partial charge in [0.1, 0.15) is 18.1 Å². The lowest BCUT2D eigenvalue weighted by Crippen LogP contribution is -2.53. The van der Waals surface area contributed by atoms with E-state index in [0.717, 1.165) is 22.6 Å². The molecule has 0 radical (unpaired) electrons. The Morgan fingerprint density at radius 3 is 2.73 bits per heavy atom. The van der Waals surface area contributed by atoms with Crippen molar-refractivity contribution in [2.45, 2.75) is 18.6 Å². The molecule has 0 bridgehead atoms. The number of ether oxygens (including phenoxy) is 2. The molecule has 22 heavy (non-hydrogen) atoms. The maximum absolute atomic E-state index is 11.0. The minimum atomic E-state index is -1.12. The number of hydrogen-bond acceptors (Lipinski definition) is 4. The molecule has 2 aromatic rings. The molecule has 0 aromatic heterocycles. The fourth-order valence-corrected chi connectivity index (χ4v) is 2.84. The highest BCUT2D eigenvalue weighted by atomic mass is 16.5. The van der Waals surface area contributed by atoms with E-state index < -0.39 is 11.7 Å². The summed E-state index contributed by atoms with van der Waals surface area (Å²) < 4.78 is 11.9. The SMILES string of the molecule is CNC[C@@]1(O)COc2ccccc2[C@H]1Oc1ccccc1C. The van der Waals surface area contributed by atoms with Crippen molar-refractivity contribution in [3.63, 3.8) is 0 Å². The summed E-state index contributed by atoms with van der Waals surface area (Å²) in [5.74, 6) is 1.54. The van der Waals surface area contributed by atoms with E-state index in [1.165, 1.54) is 0 Å². The van der Waals surface area contributed by atoms with Gasteiger partial charge in [0, 0.05) is 12.1 Å². The highest BCUT2D eigenvalue weighted by molar-refractivity contribution is 5.41. The van der Waals surface area contributed by atoms with E-state index in [1.54, 1.807) is 0 Å². The van der Waals surface area contributed by atoms with Crippen molar-refractivity contribution in [2.24, 2.45) is 0 Å². The van der Waals surface area contributed by atoms with Gasteiger partial charge in [-0.3, -0.25) is 0 Å². The first-order valence-electron chi connectivity index (χ1n) is 7.45. The molecule has 0 aliphatic carbocycles. The number of rotatable bonds is 4. The lowest BCUT2D eigenvalue weighted by molar-refractivity contribution is -0.101. The van der Waals surface area contributed by atoms with E-state index >= 15 is 0 Å². The molecule has 4 nitrogen and oxygen atoms in total. The quantitative estimate of drug-likeness (QED) is 0.910. The van der Waals surface area contributed by atoms with Crippen molar-refractivity contribution in [1.82, 2.24) is 5.32 Å². The Morgan fingerprint density at radius 2 is 1.95 bits per heavy atom. The minimum Gasteiger partial charge on any atom is -0.490 e. The third-order valence-corrected chi connectivity index (χ3v) is 3.99. The van der Waals surface area contributed by atoms with E-state index in [-0.39, 0.29) is 6.61 Å². The molecular weight excluding hydrogens is 278 g/mol. The van der Waals surface area contributed by atoms with Gasteiger partial charge in [-0.1, -0.05) is 36.4 Å². The van der Waals surface area contributed by atoms with Crippen LogP contribution in [0.5, 0.6) is 11.5 Å². The summed E-state index contributed by atoms with van der Waals surface area (Å²) in [6.07, 6.45) is -0.481. The van der Waals surface area contributed by atoms with Crippen LogP contribution >= 0.6 is 0 Å². The molecule has 0 spiro atoms. The van der Waals surface area contributed by atoms with Crippen molar-refractivity contribution in [3.8, 4) is 11.5 Å². The van der Waals surface area contributed by atoms with Crippen LogP contribution < -0.4 is 14.8 Å². The summed E-state index contributed by atoms with van der Waals surface area (Å²) in [5.41, 5.74) is 0.791. The van der Waals surface area contributed by atoms with Gasteiger partial charge in [-0.25, -0.2) is 0 Å². The van der Waals surface area contributed by atoms with Crippen molar-refractivity contribution in [3.05, 3.63) is 59.7 Å². The van der Waals surface area contributed by atoms with Crippen molar-refractivity contribution in [1.29, 1.82) is 0 Å². The highest BCUT2D eigenvalue weighted by Gasteiger charge is 2.45. The Bertz CT molecular complexity index is 658. The molecule has 0 unspecified atom stereocenters. The fraction of sp³-hybridized carbons (Fsp3) is 0.333. The van der Waals surface area contributed by atoms with Crippen LogP contribution in [0.1, 0.15) is 17.2 Å². The van der Waals surface area contributed by atoms with Gasteiger partial charge in [0.05, 0.1) is 0 Å². The number of aliphatic hydroxyl groups is 1. The van der Waals surface area contributed by atoms with Gasteiger partial charge in [-0.2, -0.15) is 0 Å². The van der Waals surface area contributed by atoms with Crippen molar-refractivity contribution in [2.75, 3.05) is 20.2 Å². The van der Waals surface area contributed by atoms with Crippen LogP contribution in [0.2, 0.25) is 0 Å². The molecule has 0 saturated carbocycles. The molecule has 0 amide bonds. The first-order chi connectivity index (χ1) is 10.6. The maximum atomic E-state index is 11.0. The Balaban J connectivity index is 2.01. The zero-order valence-electron chi connectivity index (χ0n) is 12.9. The second kappa shape index (κ2) is 5.99. The zero-order chi connectivity index (χ0) is 15.6. The van der Waals surface area contributed by atoms with Gasteiger partial charge in [0.15, 0.2) is 11.7 Å². The first-order valence-corrected chi connectivity index (χ1v) is 7.45. The molecule has 2 N–H and O–H groups in total. The largest absolute Gasteiger partial charge is 0.490 e. The predicted molar refractivity (Wildman–Crippen MR) is 85.4 cm³/mol. The minimum absolute atomic E-state index is 0.196. The summed E-state index contributed by atoms with van der Waals surface area (Å²) in [5, 5.41) is 14.0. The third kappa shape index (κ3) is 2.67. The monoisotopic (exact) mass is 299 g/mol. The summed E-state index contributed by atoms with van der Waals surface area (Å²) in [6, 6.07) is 15.5. The lowest BCUT2D eigenvalue weighted by atomic mass is 9.88. The normalized spacial score (nSPS) is 23.5. The van der Waals surface area contributed by atoms with Crippen LogP contribution in [-0.4, -0.2) is 30.9 Å². The zero-order valence-corrected chi connectivity index (χ0v) is 12.9. The number of hydrogen-bond donors (Lipinski definition) is 2. The molecule has 116 valence electrons. The highest BCUT2D eigenvalue weighted by Crippen LogP contribution is 2.41. The van der Waals surface area contributed by atoms with Crippen molar-refractivity contribution >= 4 is 0 Å². The fourth-order valence-electron chi connectivity index (χ4n) is 2.84. The predicted octanol–water partition coefficient (Wildman–Crippen LogP) is 2.46. The number of nitrogens with one attached hydrogen (secondary N) is 1. The average Bonchev–Trinajstić information content (AvgIpc) is 2.52. The average molecular weight is 299 g/mol.